The number of hydrogen-bond acceptors (Lipinski definition) is 3. The summed E-state index contributed by atoms with van der Waals surface area (Å²) in [6.45, 7) is 6.66. The lowest BCUT2D eigenvalue weighted by Crippen LogP contribution is -2.35. The fraction of sp³-hybridized carbons (Fsp3) is 0.926. The van der Waals surface area contributed by atoms with Crippen molar-refractivity contribution >= 4 is 11.9 Å². The first-order valence-electron chi connectivity index (χ1n) is 13.4. The van der Waals surface area contributed by atoms with Crippen molar-refractivity contribution in [1.29, 1.82) is 0 Å². The maximum Gasteiger partial charge on any atom is 0.310 e. The molecule has 0 heterocycles. The third-order valence-electron chi connectivity index (χ3n) is 6.86. The number of unbranched alkanes of at least 4 members (excludes halogenated alkanes) is 10. The Hall–Kier alpha value is -1.06. The molecule has 1 N–H and O–H groups in total. The minimum absolute atomic E-state index is 0.0511. The number of carboxylic acid groups (broad SMARTS) is 1. The first kappa shape index (κ1) is 28.0. The van der Waals surface area contributed by atoms with E-state index in [1.165, 1.54) is 64.2 Å². The summed E-state index contributed by atoms with van der Waals surface area (Å²) in [6, 6.07) is 0. The molecule has 0 radical (unpaired) electrons. The van der Waals surface area contributed by atoms with Gasteiger partial charge in [-0.2, -0.15) is 0 Å². The molecule has 31 heavy (non-hydrogen) atoms. The predicted octanol–water partition coefficient (Wildman–Crippen LogP) is 7.93. The van der Waals surface area contributed by atoms with Crippen LogP contribution in [0.3, 0.4) is 0 Å². The van der Waals surface area contributed by atoms with Crippen LogP contribution in [0.4, 0.5) is 0 Å². The molecule has 0 aliphatic heterocycles. The minimum Gasteiger partial charge on any atom is -0.481 e. The summed E-state index contributed by atoms with van der Waals surface area (Å²) in [4.78, 5) is 24.3. The second-order valence-electron chi connectivity index (χ2n) is 10.2. The average Bonchev–Trinajstić information content (AvgIpc) is 2.75. The van der Waals surface area contributed by atoms with Crippen LogP contribution in [0.1, 0.15) is 136 Å². The van der Waals surface area contributed by atoms with Crippen LogP contribution in [0.15, 0.2) is 0 Å². The Labute approximate surface area is 191 Å². The minimum atomic E-state index is -0.842. The predicted molar refractivity (Wildman–Crippen MR) is 128 cm³/mol. The molecule has 1 fully saturated rings. The Morgan fingerprint density at radius 1 is 0.774 bits per heavy atom. The molecule has 0 aromatic carbocycles. The van der Waals surface area contributed by atoms with E-state index >= 15 is 0 Å². The Morgan fingerprint density at radius 3 is 1.81 bits per heavy atom. The summed E-state index contributed by atoms with van der Waals surface area (Å²) in [5.74, 6) is -1.53. The van der Waals surface area contributed by atoms with Gasteiger partial charge < -0.3 is 9.84 Å². The molecule has 3 atom stereocenters. The molecule has 0 aromatic rings. The van der Waals surface area contributed by atoms with Crippen LogP contribution in [-0.2, 0) is 14.3 Å². The molecule has 0 saturated heterocycles. The lowest BCUT2D eigenvalue weighted by atomic mass is 9.79. The molecule has 182 valence electrons. The quantitative estimate of drug-likeness (QED) is 0.174. The maximum atomic E-state index is 12.8. The van der Waals surface area contributed by atoms with Crippen molar-refractivity contribution in [2.45, 2.75) is 142 Å². The zero-order valence-electron chi connectivity index (χ0n) is 20.7. The highest BCUT2D eigenvalue weighted by atomic mass is 16.5. The van der Waals surface area contributed by atoms with Crippen LogP contribution in [0, 0.1) is 17.8 Å². The standard InChI is InChI=1S/C27H50O4/c1-4-5-6-7-8-9-10-11-12-13-14-17-23(21-20-22(2)3)31-27(30)25-19-16-15-18-24(25)26(28)29/h22-25H,4-21H2,1-3H3,(H,28,29). The molecule has 1 saturated carbocycles. The number of aliphatic carboxylic acids is 1. The molecule has 0 bridgehead atoms. The zero-order chi connectivity index (χ0) is 22.9. The number of esters is 1. The summed E-state index contributed by atoms with van der Waals surface area (Å²) in [6.07, 6.45) is 20.3. The van der Waals surface area contributed by atoms with Crippen molar-refractivity contribution < 1.29 is 19.4 Å². The van der Waals surface area contributed by atoms with Crippen molar-refractivity contribution in [2.24, 2.45) is 17.8 Å². The van der Waals surface area contributed by atoms with Crippen molar-refractivity contribution in [3.8, 4) is 0 Å². The summed E-state index contributed by atoms with van der Waals surface area (Å²) in [5, 5.41) is 9.48. The van der Waals surface area contributed by atoms with E-state index in [9.17, 15) is 14.7 Å². The van der Waals surface area contributed by atoms with Crippen molar-refractivity contribution in [3.63, 3.8) is 0 Å². The van der Waals surface area contributed by atoms with E-state index in [1.807, 2.05) is 0 Å². The molecular weight excluding hydrogens is 388 g/mol. The number of hydrogen-bond donors (Lipinski definition) is 1. The van der Waals surface area contributed by atoms with Gasteiger partial charge in [0, 0.05) is 0 Å². The molecule has 0 amide bonds. The van der Waals surface area contributed by atoms with Gasteiger partial charge in [0.2, 0.25) is 0 Å². The molecule has 0 aromatic heterocycles. The number of carboxylic acids is 1. The van der Waals surface area contributed by atoms with Gasteiger partial charge in [0.1, 0.15) is 6.10 Å². The van der Waals surface area contributed by atoms with E-state index in [2.05, 4.69) is 20.8 Å². The van der Waals surface area contributed by atoms with Gasteiger partial charge in [-0.15, -0.1) is 0 Å². The van der Waals surface area contributed by atoms with Gasteiger partial charge in [-0.3, -0.25) is 9.59 Å². The molecule has 4 heteroatoms. The maximum absolute atomic E-state index is 12.8. The second kappa shape index (κ2) is 17.5. The molecule has 1 aliphatic rings. The number of carbonyl (C=O) groups is 2. The Bertz CT molecular complexity index is 474. The number of rotatable bonds is 18. The first-order chi connectivity index (χ1) is 15.0. The van der Waals surface area contributed by atoms with Gasteiger partial charge in [0.15, 0.2) is 0 Å². The monoisotopic (exact) mass is 438 g/mol. The number of ether oxygens (including phenoxy) is 1. The van der Waals surface area contributed by atoms with Gasteiger partial charge in [0.25, 0.3) is 0 Å². The smallest absolute Gasteiger partial charge is 0.310 e. The molecule has 0 spiro atoms. The van der Waals surface area contributed by atoms with E-state index in [4.69, 9.17) is 4.74 Å². The normalized spacial score (nSPS) is 20.0. The summed E-state index contributed by atoms with van der Waals surface area (Å²) < 4.78 is 5.91. The van der Waals surface area contributed by atoms with E-state index in [-0.39, 0.29) is 12.1 Å². The van der Waals surface area contributed by atoms with Crippen LogP contribution < -0.4 is 0 Å². The van der Waals surface area contributed by atoms with Crippen molar-refractivity contribution in [1.82, 2.24) is 0 Å². The van der Waals surface area contributed by atoms with E-state index < -0.39 is 17.8 Å². The molecule has 1 aliphatic carbocycles. The van der Waals surface area contributed by atoms with Crippen LogP contribution in [0.5, 0.6) is 0 Å². The highest BCUT2D eigenvalue weighted by Crippen LogP contribution is 2.32. The lowest BCUT2D eigenvalue weighted by Gasteiger charge is -2.29. The second-order valence-corrected chi connectivity index (χ2v) is 10.2. The third-order valence-corrected chi connectivity index (χ3v) is 6.86. The Morgan fingerprint density at radius 2 is 1.29 bits per heavy atom. The van der Waals surface area contributed by atoms with Crippen LogP contribution in [0.2, 0.25) is 0 Å². The van der Waals surface area contributed by atoms with Crippen LogP contribution in [-0.4, -0.2) is 23.1 Å². The van der Waals surface area contributed by atoms with Crippen LogP contribution in [0.25, 0.3) is 0 Å². The Balaban J connectivity index is 2.30. The molecular formula is C27H50O4. The van der Waals surface area contributed by atoms with E-state index in [0.29, 0.717) is 18.8 Å². The first-order valence-corrected chi connectivity index (χ1v) is 13.4. The van der Waals surface area contributed by atoms with E-state index in [1.54, 1.807) is 0 Å². The van der Waals surface area contributed by atoms with Gasteiger partial charge >= 0.3 is 11.9 Å². The zero-order valence-corrected chi connectivity index (χ0v) is 20.7. The van der Waals surface area contributed by atoms with E-state index in [0.717, 1.165) is 38.5 Å². The summed E-state index contributed by atoms with van der Waals surface area (Å²) in [7, 11) is 0. The number of carbonyl (C=O) groups excluding carboxylic acids is 1. The highest BCUT2D eigenvalue weighted by Gasteiger charge is 2.37. The lowest BCUT2D eigenvalue weighted by molar-refractivity contribution is -0.164. The molecule has 1 rings (SSSR count). The Kier molecular flexibility index (Phi) is 15.8. The fourth-order valence-electron chi connectivity index (χ4n) is 4.78. The topological polar surface area (TPSA) is 63.6 Å². The SMILES string of the molecule is CCCCCCCCCCCCCC(CCC(C)C)OC(=O)C1CCCCC1C(=O)O. The van der Waals surface area contributed by atoms with Crippen molar-refractivity contribution in [3.05, 3.63) is 0 Å². The summed E-state index contributed by atoms with van der Waals surface area (Å²) in [5.41, 5.74) is 0. The van der Waals surface area contributed by atoms with Crippen LogP contribution >= 0.6 is 0 Å². The fourth-order valence-corrected chi connectivity index (χ4v) is 4.78. The molecule has 3 unspecified atom stereocenters. The van der Waals surface area contributed by atoms with Crippen molar-refractivity contribution in [2.75, 3.05) is 0 Å². The summed E-state index contributed by atoms with van der Waals surface area (Å²) >= 11 is 0. The third kappa shape index (κ3) is 13.2. The average molecular weight is 439 g/mol. The largest absolute Gasteiger partial charge is 0.481 e. The van der Waals surface area contributed by atoms with Gasteiger partial charge in [-0.25, -0.2) is 0 Å². The van der Waals surface area contributed by atoms with Gasteiger partial charge in [-0.1, -0.05) is 97.8 Å². The highest BCUT2D eigenvalue weighted by molar-refractivity contribution is 5.81. The van der Waals surface area contributed by atoms with Gasteiger partial charge in [-0.05, 0) is 44.4 Å². The molecule has 4 nitrogen and oxygen atoms in total. The van der Waals surface area contributed by atoms with Gasteiger partial charge in [0.05, 0.1) is 11.8 Å².